The fraction of sp³-hybridized carbons (Fsp3) is 0.250. The van der Waals surface area contributed by atoms with E-state index in [1.807, 2.05) is 30.3 Å². The number of hydrogen-bond acceptors (Lipinski definition) is 3. The van der Waals surface area contributed by atoms with Crippen molar-refractivity contribution < 1.29 is 4.74 Å². The first kappa shape index (κ1) is 13.9. The zero-order valence-corrected chi connectivity index (χ0v) is 13.0. The Morgan fingerprint density at radius 3 is 2.74 bits per heavy atom. The highest BCUT2D eigenvalue weighted by molar-refractivity contribution is 5.90. The Bertz CT molecular complexity index is 819. The van der Waals surface area contributed by atoms with E-state index in [4.69, 9.17) is 4.74 Å². The van der Waals surface area contributed by atoms with E-state index < -0.39 is 5.41 Å². The normalized spacial score (nSPS) is 24.7. The van der Waals surface area contributed by atoms with E-state index in [2.05, 4.69) is 35.7 Å². The zero-order valence-electron chi connectivity index (χ0n) is 13.0. The minimum absolute atomic E-state index is 0.162. The minimum Gasteiger partial charge on any atom is -0.496 e. The highest BCUT2D eigenvalue weighted by atomic mass is 16.5. The van der Waals surface area contributed by atoms with Gasteiger partial charge in [0, 0.05) is 11.3 Å². The lowest BCUT2D eigenvalue weighted by Gasteiger charge is -2.33. The molecule has 0 saturated carbocycles. The molecule has 3 nitrogen and oxygen atoms in total. The maximum Gasteiger partial charge on any atom is 0.128 e. The number of fused-ring (bicyclic) bond motifs is 3. The molecule has 2 atom stereocenters. The molecule has 2 aromatic rings. The van der Waals surface area contributed by atoms with E-state index in [0.29, 0.717) is 0 Å². The summed E-state index contributed by atoms with van der Waals surface area (Å²) in [5.41, 5.74) is 4.15. The van der Waals surface area contributed by atoms with Crippen molar-refractivity contribution >= 4 is 11.3 Å². The molecule has 0 saturated heterocycles. The Labute approximate surface area is 136 Å². The number of anilines is 1. The van der Waals surface area contributed by atoms with Crippen molar-refractivity contribution in [1.82, 2.24) is 0 Å². The molecule has 23 heavy (non-hydrogen) atoms. The summed E-state index contributed by atoms with van der Waals surface area (Å²) in [4.78, 5) is 0. The molecule has 1 aliphatic carbocycles. The van der Waals surface area contributed by atoms with Gasteiger partial charge in [0.25, 0.3) is 0 Å². The Kier molecular flexibility index (Phi) is 3.12. The summed E-state index contributed by atoms with van der Waals surface area (Å²) < 4.78 is 5.52. The summed E-state index contributed by atoms with van der Waals surface area (Å²) in [7, 11) is 1.70. The fourth-order valence-electron chi connectivity index (χ4n) is 3.83. The molecule has 0 fully saturated rings. The van der Waals surface area contributed by atoms with Crippen molar-refractivity contribution in [1.29, 1.82) is 5.26 Å². The first-order valence-electron chi connectivity index (χ1n) is 7.88. The topological polar surface area (TPSA) is 45.0 Å². The zero-order chi connectivity index (χ0) is 15.9. The monoisotopic (exact) mass is 302 g/mol. The Morgan fingerprint density at radius 1 is 1.17 bits per heavy atom. The number of nitriles is 1. The molecule has 2 unspecified atom stereocenters. The summed E-state index contributed by atoms with van der Waals surface area (Å²) in [6, 6.07) is 18.9. The molecule has 114 valence electrons. The van der Waals surface area contributed by atoms with Crippen LogP contribution in [0.5, 0.6) is 5.75 Å². The van der Waals surface area contributed by atoms with Gasteiger partial charge in [-0.05, 0) is 36.1 Å². The van der Waals surface area contributed by atoms with Crippen LogP contribution in [0.4, 0.5) is 5.69 Å². The molecular weight excluding hydrogens is 284 g/mol. The predicted octanol–water partition coefficient (Wildman–Crippen LogP) is 4.13. The highest BCUT2D eigenvalue weighted by Crippen LogP contribution is 2.49. The van der Waals surface area contributed by atoms with E-state index in [0.717, 1.165) is 35.4 Å². The number of hydrogen-bond donors (Lipinski definition) is 1. The van der Waals surface area contributed by atoms with Crippen molar-refractivity contribution in [3.8, 4) is 11.8 Å². The van der Waals surface area contributed by atoms with Crippen molar-refractivity contribution in [3.05, 3.63) is 65.7 Å². The summed E-state index contributed by atoms with van der Waals surface area (Å²) in [6.45, 7) is 0. The van der Waals surface area contributed by atoms with Gasteiger partial charge in [-0.3, -0.25) is 0 Å². The molecule has 2 aliphatic rings. The number of allylic oxidation sites excluding steroid dienone is 1. The van der Waals surface area contributed by atoms with Gasteiger partial charge in [-0.1, -0.05) is 42.5 Å². The van der Waals surface area contributed by atoms with Crippen LogP contribution in [0.3, 0.4) is 0 Å². The molecule has 2 aromatic carbocycles. The fourth-order valence-corrected chi connectivity index (χ4v) is 3.83. The largest absolute Gasteiger partial charge is 0.496 e. The third kappa shape index (κ3) is 2.03. The first-order chi connectivity index (χ1) is 11.3. The molecule has 0 spiro atoms. The van der Waals surface area contributed by atoms with Gasteiger partial charge >= 0.3 is 0 Å². The lowest BCUT2D eigenvalue weighted by molar-refractivity contribution is 0.413. The van der Waals surface area contributed by atoms with Crippen LogP contribution in [-0.4, -0.2) is 13.2 Å². The first-order valence-corrected chi connectivity index (χ1v) is 7.88. The number of rotatable bonds is 2. The average molecular weight is 302 g/mol. The molecule has 0 aromatic heterocycles. The summed E-state index contributed by atoms with van der Waals surface area (Å²) in [5, 5.41) is 13.5. The smallest absolute Gasteiger partial charge is 0.128 e. The van der Waals surface area contributed by atoms with Crippen LogP contribution in [0.2, 0.25) is 0 Å². The van der Waals surface area contributed by atoms with Crippen LogP contribution < -0.4 is 10.1 Å². The lowest BCUT2D eigenvalue weighted by Crippen LogP contribution is -2.34. The maximum absolute atomic E-state index is 9.90. The highest BCUT2D eigenvalue weighted by Gasteiger charge is 2.42. The molecule has 1 heterocycles. The second kappa shape index (κ2) is 5.17. The summed E-state index contributed by atoms with van der Waals surface area (Å²) in [5.74, 6) is 0.896. The van der Waals surface area contributed by atoms with Crippen molar-refractivity contribution in [2.45, 2.75) is 24.3 Å². The van der Waals surface area contributed by atoms with Crippen LogP contribution in [0, 0.1) is 11.3 Å². The number of nitrogens with zero attached hydrogens (tertiary/aromatic N) is 1. The predicted molar refractivity (Wildman–Crippen MR) is 91.3 cm³/mol. The average Bonchev–Trinajstić information content (AvgIpc) is 2.99. The van der Waals surface area contributed by atoms with Crippen molar-refractivity contribution in [3.63, 3.8) is 0 Å². The standard InChI is InChI=1S/C20H18N2O/c1-23-18-9-5-8-16-19(18)15-10-11-20(13-21,12-17(15)22-16)14-6-3-2-4-7-14/h2-10,17,22H,11-12H2,1H3. The Balaban J connectivity index is 1.77. The van der Waals surface area contributed by atoms with Gasteiger partial charge in [0.1, 0.15) is 5.75 Å². The third-order valence-corrected chi connectivity index (χ3v) is 5.00. The van der Waals surface area contributed by atoms with Crippen LogP contribution in [0.25, 0.3) is 5.57 Å². The van der Waals surface area contributed by atoms with Gasteiger partial charge in [-0.25, -0.2) is 0 Å². The molecule has 4 rings (SSSR count). The van der Waals surface area contributed by atoms with E-state index in [-0.39, 0.29) is 6.04 Å². The van der Waals surface area contributed by atoms with Crippen LogP contribution in [0.15, 0.2) is 54.6 Å². The van der Waals surface area contributed by atoms with Crippen LogP contribution in [-0.2, 0) is 5.41 Å². The van der Waals surface area contributed by atoms with Gasteiger partial charge in [0.05, 0.1) is 24.6 Å². The SMILES string of the molecule is COc1cccc2c1C1=CCC(C#N)(c3ccccc3)CC1N2. The lowest BCUT2D eigenvalue weighted by atomic mass is 9.69. The van der Waals surface area contributed by atoms with Gasteiger partial charge in [-0.15, -0.1) is 0 Å². The van der Waals surface area contributed by atoms with Crippen molar-refractivity contribution in [2.24, 2.45) is 0 Å². The number of methoxy groups -OCH3 is 1. The molecule has 0 amide bonds. The van der Waals surface area contributed by atoms with Gasteiger partial charge in [0.15, 0.2) is 0 Å². The van der Waals surface area contributed by atoms with Crippen LogP contribution >= 0.6 is 0 Å². The quantitative estimate of drug-likeness (QED) is 0.907. The maximum atomic E-state index is 9.90. The minimum atomic E-state index is -0.461. The van der Waals surface area contributed by atoms with Crippen LogP contribution in [0.1, 0.15) is 24.0 Å². The van der Waals surface area contributed by atoms with Crippen molar-refractivity contribution in [2.75, 3.05) is 12.4 Å². The number of ether oxygens (including phenoxy) is 1. The van der Waals surface area contributed by atoms with E-state index in [9.17, 15) is 5.26 Å². The summed E-state index contributed by atoms with van der Waals surface area (Å²) >= 11 is 0. The third-order valence-electron chi connectivity index (χ3n) is 5.00. The number of nitrogens with one attached hydrogen (secondary N) is 1. The second-order valence-corrected chi connectivity index (χ2v) is 6.21. The molecule has 3 heteroatoms. The van der Waals surface area contributed by atoms with E-state index in [1.54, 1.807) is 7.11 Å². The Morgan fingerprint density at radius 2 is 2.00 bits per heavy atom. The molecule has 1 N–H and O–H groups in total. The molecule has 0 bridgehead atoms. The molecular formula is C20H18N2O. The van der Waals surface area contributed by atoms with E-state index >= 15 is 0 Å². The molecule has 1 aliphatic heterocycles. The summed E-state index contributed by atoms with van der Waals surface area (Å²) in [6.07, 6.45) is 3.72. The van der Waals surface area contributed by atoms with E-state index in [1.165, 1.54) is 5.57 Å². The second-order valence-electron chi connectivity index (χ2n) is 6.21. The Hall–Kier alpha value is -2.73. The van der Waals surface area contributed by atoms with Gasteiger partial charge in [-0.2, -0.15) is 5.26 Å². The molecule has 0 radical (unpaired) electrons. The number of benzene rings is 2. The van der Waals surface area contributed by atoms with Gasteiger partial charge in [0.2, 0.25) is 0 Å². The van der Waals surface area contributed by atoms with Gasteiger partial charge < -0.3 is 10.1 Å².